The minimum atomic E-state index is -0.422. The van der Waals surface area contributed by atoms with Gasteiger partial charge in [0.05, 0.1) is 24.3 Å². The van der Waals surface area contributed by atoms with E-state index >= 15 is 0 Å². The minimum Gasteiger partial charge on any atom is -0.494 e. The summed E-state index contributed by atoms with van der Waals surface area (Å²) in [6.45, 7) is 4.36. The minimum absolute atomic E-state index is 0.0284. The Morgan fingerprint density at radius 3 is 2.96 bits per heavy atom. The number of aryl methyl sites for hydroxylation is 1. The number of aromatic nitrogens is 2. The third-order valence-electron chi connectivity index (χ3n) is 5.05. The van der Waals surface area contributed by atoms with Gasteiger partial charge < -0.3 is 20.1 Å². The van der Waals surface area contributed by atoms with Gasteiger partial charge in [0.2, 0.25) is 0 Å². The number of anilines is 1. The van der Waals surface area contributed by atoms with E-state index in [0.717, 1.165) is 31.3 Å². The van der Waals surface area contributed by atoms with E-state index in [9.17, 15) is 4.39 Å². The molecule has 2 aromatic rings. The van der Waals surface area contributed by atoms with Gasteiger partial charge in [0.15, 0.2) is 11.6 Å². The van der Waals surface area contributed by atoms with E-state index < -0.39 is 5.82 Å². The van der Waals surface area contributed by atoms with Crippen LogP contribution in [0.2, 0.25) is 0 Å². The summed E-state index contributed by atoms with van der Waals surface area (Å²) in [5, 5.41) is 7.43. The van der Waals surface area contributed by atoms with E-state index in [1.54, 1.807) is 13.0 Å². The maximum atomic E-state index is 14.0. The van der Waals surface area contributed by atoms with E-state index in [1.165, 1.54) is 19.6 Å². The van der Waals surface area contributed by atoms with E-state index in [-0.39, 0.29) is 17.5 Å². The van der Waals surface area contributed by atoms with Crippen LogP contribution in [-0.2, 0) is 4.74 Å². The first-order valence-electron chi connectivity index (χ1n) is 8.73. The molecule has 2 N–H and O–H groups in total. The lowest BCUT2D eigenvalue weighted by atomic mass is 9.86. The summed E-state index contributed by atoms with van der Waals surface area (Å²) < 4.78 is 25.3. The Labute approximate surface area is 146 Å². The average Bonchev–Trinajstić information content (AvgIpc) is 2.58. The van der Waals surface area contributed by atoms with Crippen molar-refractivity contribution in [3.05, 3.63) is 23.8 Å². The van der Waals surface area contributed by atoms with Crippen molar-refractivity contribution in [3.63, 3.8) is 0 Å². The highest BCUT2D eigenvalue weighted by molar-refractivity contribution is 5.90. The number of halogens is 1. The zero-order chi connectivity index (χ0) is 17.4. The van der Waals surface area contributed by atoms with Crippen molar-refractivity contribution in [3.8, 4) is 5.75 Å². The largest absolute Gasteiger partial charge is 0.494 e. The van der Waals surface area contributed by atoms with Crippen LogP contribution in [0.25, 0.3) is 10.9 Å². The topological polar surface area (TPSA) is 68.3 Å². The molecule has 0 amide bonds. The Bertz CT molecular complexity index is 794. The quantitative estimate of drug-likeness (QED) is 0.886. The SMILES string of the molecule is COc1cc2c(NCC3CCCC4(CNC4)O3)nc(C)nc2cc1F. The Kier molecular flexibility index (Phi) is 4.21. The number of nitrogens with zero attached hydrogens (tertiary/aromatic N) is 2. The van der Waals surface area contributed by atoms with Gasteiger partial charge in [0.25, 0.3) is 0 Å². The Hall–Kier alpha value is -1.99. The second-order valence-corrected chi connectivity index (χ2v) is 6.92. The van der Waals surface area contributed by atoms with Crippen molar-refractivity contribution in [1.29, 1.82) is 0 Å². The molecule has 3 heterocycles. The van der Waals surface area contributed by atoms with Crippen LogP contribution < -0.4 is 15.4 Å². The molecule has 25 heavy (non-hydrogen) atoms. The number of ether oxygens (including phenoxy) is 2. The van der Waals surface area contributed by atoms with Gasteiger partial charge in [-0.05, 0) is 32.3 Å². The summed E-state index contributed by atoms with van der Waals surface area (Å²) in [5.74, 6) is 1.06. The Balaban J connectivity index is 1.56. The predicted molar refractivity (Wildman–Crippen MR) is 93.6 cm³/mol. The number of hydrogen-bond acceptors (Lipinski definition) is 6. The molecule has 0 bridgehead atoms. The number of fused-ring (bicyclic) bond motifs is 1. The first-order chi connectivity index (χ1) is 12.1. The molecular formula is C18H23FN4O2. The highest BCUT2D eigenvalue weighted by Gasteiger charge is 2.42. The number of nitrogens with one attached hydrogen (secondary N) is 2. The molecule has 2 aliphatic heterocycles. The van der Waals surface area contributed by atoms with Crippen LogP contribution in [0.15, 0.2) is 12.1 Å². The lowest BCUT2D eigenvalue weighted by molar-refractivity contribution is -0.148. The zero-order valence-electron chi connectivity index (χ0n) is 14.6. The molecule has 1 atom stereocenters. The van der Waals surface area contributed by atoms with Crippen molar-refractivity contribution < 1.29 is 13.9 Å². The van der Waals surface area contributed by atoms with E-state index in [1.807, 2.05) is 0 Å². The van der Waals surface area contributed by atoms with Crippen LogP contribution in [0.4, 0.5) is 10.2 Å². The highest BCUT2D eigenvalue weighted by Crippen LogP contribution is 2.33. The molecule has 1 unspecified atom stereocenters. The molecule has 1 spiro atoms. The van der Waals surface area contributed by atoms with Gasteiger partial charge in [-0.1, -0.05) is 0 Å². The van der Waals surface area contributed by atoms with Crippen molar-refractivity contribution in [2.45, 2.75) is 37.9 Å². The molecule has 134 valence electrons. The van der Waals surface area contributed by atoms with Crippen molar-refractivity contribution in [1.82, 2.24) is 15.3 Å². The smallest absolute Gasteiger partial charge is 0.167 e. The van der Waals surface area contributed by atoms with Crippen LogP contribution in [0.1, 0.15) is 25.1 Å². The molecule has 2 fully saturated rings. The first kappa shape index (κ1) is 16.5. The Morgan fingerprint density at radius 2 is 2.24 bits per heavy atom. The lowest BCUT2D eigenvalue weighted by Crippen LogP contribution is -2.64. The standard InChI is InChI=1S/C18H23FN4O2/c1-11-22-15-7-14(19)16(24-2)6-13(15)17(23-11)21-8-12-4-3-5-18(25-12)9-20-10-18/h6-7,12,20H,3-5,8-10H2,1-2H3,(H,21,22,23). The summed E-state index contributed by atoms with van der Waals surface area (Å²) in [4.78, 5) is 8.82. The van der Waals surface area contributed by atoms with Crippen LogP contribution in [0.3, 0.4) is 0 Å². The molecular weight excluding hydrogens is 323 g/mol. The van der Waals surface area contributed by atoms with Crippen LogP contribution in [0, 0.1) is 12.7 Å². The fourth-order valence-electron chi connectivity index (χ4n) is 3.68. The fraction of sp³-hybridized carbons (Fsp3) is 0.556. The predicted octanol–water partition coefficient (Wildman–Crippen LogP) is 2.41. The van der Waals surface area contributed by atoms with Crippen molar-refractivity contribution in [2.24, 2.45) is 0 Å². The van der Waals surface area contributed by atoms with E-state index in [2.05, 4.69) is 20.6 Å². The van der Waals surface area contributed by atoms with Crippen molar-refractivity contribution in [2.75, 3.05) is 32.1 Å². The molecule has 2 saturated heterocycles. The summed E-state index contributed by atoms with van der Waals surface area (Å²) >= 11 is 0. The maximum Gasteiger partial charge on any atom is 0.167 e. The van der Waals surface area contributed by atoms with Gasteiger partial charge in [-0.25, -0.2) is 14.4 Å². The second-order valence-electron chi connectivity index (χ2n) is 6.92. The second kappa shape index (κ2) is 6.38. The molecule has 0 saturated carbocycles. The summed E-state index contributed by atoms with van der Waals surface area (Å²) in [5.41, 5.74) is 0.596. The van der Waals surface area contributed by atoms with Crippen LogP contribution >= 0.6 is 0 Å². The molecule has 1 aromatic heterocycles. The maximum absolute atomic E-state index is 14.0. The van der Waals surface area contributed by atoms with E-state index in [4.69, 9.17) is 9.47 Å². The molecule has 2 aliphatic rings. The van der Waals surface area contributed by atoms with Gasteiger partial charge in [-0.15, -0.1) is 0 Å². The first-order valence-corrected chi connectivity index (χ1v) is 8.73. The molecule has 4 rings (SSSR count). The summed E-state index contributed by atoms with van der Waals surface area (Å²) in [7, 11) is 1.45. The number of benzene rings is 1. The summed E-state index contributed by atoms with van der Waals surface area (Å²) in [6.07, 6.45) is 3.50. The highest BCUT2D eigenvalue weighted by atomic mass is 19.1. The molecule has 0 radical (unpaired) electrons. The fourth-order valence-corrected chi connectivity index (χ4v) is 3.68. The average molecular weight is 346 g/mol. The lowest BCUT2D eigenvalue weighted by Gasteiger charge is -2.48. The third kappa shape index (κ3) is 3.14. The normalized spacial score (nSPS) is 22.0. The van der Waals surface area contributed by atoms with Crippen molar-refractivity contribution >= 4 is 16.7 Å². The van der Waals surface area contributed by atoms with Crippen LogP contribution in [0.5, 0.6) is 5.75 Å². The zero-order valence-corrected chi connectivity index (χ0v) is 14.6. The van der Waals surface area contributed by atoms with Gasteiger partial charge in [-0.3, -0.25) is 0 Å². The third-order valence-corrected chi connectivity index (χ3v) is 5.05. The van der Waals surface area contributed by atoms with Gasteiger partial charge >= 0.3 is 0 Å². The van der Waals surface area contributed by atoms with Gasteiger partial charge in [0, 0.05) is 31.1 Å². The summed E-state index contributed by atoms with van der Waals surface area (Å²) in [6, 6.07) is 3.03. The Morgan fingerprint density at radius 1 is 1.40 bits per heavy atom. The molecule has 1 aromatic carbocycles. The molecule has 0 aliphatic carbocycles. The van der Waals surface area contributed by atoms with Gasteiger partial charge in [0.1, 0.15) is 11.6 Å². The molecule has 6 nitrogen and oxygen atoms in total. The monoisotopic (exact) mass is 346 g/mol. The molecule has 7 heteroatoms. The van der Waals surface area contributed by atoms with Gasteiger partial charge in [-0.2, -0.15) is 0 Å². The number of rotatable bonds is 4. The number of methoxy groups -OCH3 is 1. The number of hydrogen-bond donors (Lipinski definition) is 2. The van der Waals surface area contributed by atoms with E-state index in [0.29, 0.717) is 23.7 Å². The van der Waals surface area contributed by atoms with Crippen LogP contribution in [-0.4, -0.2) is 48.4 Å².